The van der Waals surface area contributed by atoms with Crippen molar-refractivity contribution >= 4 is 12.1 Å². The van der Waals surface area contributed by atoms with E-state index < -0.39 is 12.1 Å². The lowest BCUT2D eigenvalue weighted by atomic mass is 9.89. The molecule has 0 aliphatic carbocycles. The van der Waals surface area contributed by atoms with Crippen molar-refractivity contribution in [2.24, 2.45) is 0 Å². The number of carboxylic acid groups (broad SMARTS) is 1. The molecule has 0 aromatic heterocycles. The van der Waals surface area contributed by atoms with Gasteiger partial charge in [-0.25, -0.2) is 14.5 Å². The first-order valence-corrected chi connectivity index (χ1v) is 4.66. The maximum Gasteiger partial charge on any atom is 0.415 e. The van der Waals surface area contributed by atoms with E-state index in [9.17, 15) is 9.59 Å². The fourth-order valence-electron chi connectivity index (χ4n) is 2.05. The molecule has 0 unspecified atom stereocenters. The third kappa shape index (κ3) is 1.41. The zero-order valence-electron chi connectivity index (χ0n) is 7.75. The molecule has 2 aliphatic rings. The van der Waals surface area contributed by atoms with Crippen LogP contribution in [0.4, 0.5) is 9.59 Å². The number of urea groups is 1. The highest BCUT2D eigenvalue weighted by atomic mass is 16.4. The summed E-state index contributed by atoms with van der Waals surface area (Å²) in [6, 6.07) is -0.487. The summed E-state index contributed by atoms with van der Waals surface area (Å²) in [5, 5.41) is 14.7. The van der Waals surface area contributed by atoms with Crippen LogP contribution < -0.4 is 10.6 Å². The number of imide groups is 1. The Morgan fingerprint density at radius 1 is 1.43 bits per heavy atom. The first-order chi connectivity index (χ1) is 6.63. The van der Waals surface area contributed by atoms with Crippen molar-refractivity contribution in [2.45, 2.75) is 18.4 Å². The zero-order chi connectivity index (χ0) is 10.2. The molecule has 3 amide bonds. The molecule has 6 heteroatoms. The molecule has 6 nitrogen and oxygen atoms in total. The molecule has 78 valence electrons. The van der Waals surface area contributed by atoms with Gasteiger partial charge in [0.05, 0.1) is 12.1 Å². The molecule has 2 fully saturated rings. The molecular weight excluding hydrogens is 186 g/mol. The van der Waals surface area contributed by atoms with Gasteiger partial charge >= 0.3 is 12.1 Å². The second-order valence-electron chi connectivity index (χ2n) is 3.83. The fourth-order valence-corrected chi connectivity index (χ4v) is 2.05. The second kappa shape index (κ2) is 3.13. The third-order valence-corrected chi connectivity index (χ3v) is 2.87. The SMILES string of the molecule is O=C(O)N1CC2(CCNCC2)NC1=O. The summed E-state index contributed by atoms with van der Waals surface area (Å²) in [4.78, 5) is 22.8. The molecule has 0 saturated carbocycles. The van der Waals surface area contributed by atoms with Crippen LogP contribution >= 0.6 is 0 Å². The first-order valence-electron chi connectivity index (χ1n) is 4.66. The molecule has 0 aromatic carbocycles. The quantitative estimate of drug-likeness (QED) is 0.505. The van der Waals surface area contributed by atoms with E-state index in [2.05, 4.69) is 10.6 Å². The maximum atomic E-state index is 11.3. The lowest BCUT2D eigenvalue weighted by Crippen LogP contribution is -2.51. The van der Waals surface area contributed by atoms with Crippen molar-refractivity contribution < 1.29 is 14.7 Å². The van der Waals surface area contributed by atoms with Gasteiger partial charge in [0.15, 0.2) is 0 Å². The smallest absolute Gasteiger partial charge is 0.415 e. The maximum absolute atomic E-state index is 11.3. The van der Waals surface area contributed by atoms with Crippen LogP contribution in [-0.4, -0.2) is 47.3 Å². The number of piperidine rings is 1. The van der Waals surface area contributed by atoms with Gasteiger partial charge in [-0.3, -0.25) is 0 Å². The van der Waals surface area contributed by atoms with Crippen LogP contribution in [0.2, 0.25) is 0 Å². The number of rotatable bonds is 0. The number of nitrogens with one attached hydrogen (secondary N) is 2. The van der Waals surface area contributed by atoms with Crippen LogP contribution in [-0.2, 0) is 0 Å². The number of hydrogen-bond acceptors (Lipinski definition) is 3. The third-order valence-electron chi connectivity index (χ3n) is 2.87. The Morgan fingerprint density at radius 3 is 2.57 bits per heavy atom. The van der Waals surface area contributed by atoms with Gasteiger partial charge in [-0.15, -0.1) is 0 Å². The van der Waals surface area contributed by atoms with Gasteiger partial charge in [0.2, 0.25) is 0 Å². The van der Waals surface area contributed by atoms with Crippen molar-refractivity contribution in [3.05, 3.63) is 0 Å². The predicted molar refractivity (Wildman–Crippen MR) is 48.1 cm³/mol. The molecule has 0 atom stereocenters. The topological polar surface area (TPSA) is 81.7 Å². The number of hydrogen-bond donors (Lipinski definition) is 3. The summed E-state index contributed by atoms with van der Waals surface area (Å²) in [6.07, 6.45) is 0.420. The lowest BCUT2D eigenvalue weighted by molar-refractivity contribution is 0.154. The van der Waals surface area contributed by atoms with Gasteiger partial charge in [0.1, 0.15) is 0 Å². The van der Waals surface area contributed by atoms with Crippen LogP contribution in [0.1, 0.15) is 12.8 Å². The van der Waals surface area contributed by atoms with E-state index in [-0.39, 0.29) is 12.1 Å². The van der Waals surface area contributed by atoms with Crippen molar-refractivity contribution in [1.82, 2.24) is 15.5 Å². The number of carbonyl (C=O) groups is 2. The van der Waals surface area contributed by atoms with E-state index in [4.69, 9.17) is 5.11 Å². The lowest BCUT2D eigenvalue weighted by Gasteiger charge is -2.32. The Balaban J connectivity index is 2.10. The van der Waals surface area contributed by atoms with E-state index in [1.165, 1.54) is 0 Å². The Bertz CT molecular complexity index is 273. The normalized spacial score (nSPS) is 25.1. The van der Waals surface area contributed by atoms with Gasteiger partial charge < -0.3 is 15.7 Å². The molecule has 2 saturated heterocycles. The van der Waals surface area contributed by atoms with Crippen molar-refractivity contribution in [3.8, 4) is 0 Å². The van der Waals surface area contributed by atoms with Gasteiger partial charge in [0.25, 0.3) is 0 Å². The first kappa shape index (κ1) is 9.26. The van der Waals surface area contributed by atoms with E-state index in [0.29, 0.717) is 0 Å². The van der Waals surface area contributed by atoms with Crippen molar-refractivity contribution in [3.63, 3.8) is 0 Å². The summed E-state index contributed by atoms with van der Waals surface area (Å²) in [7, 11) is 0. The molecular formula is C8H13N3O3. The predicted octanol–water partition coefficient (Wildman–Crippen LogP) is -0.188. The number of amides is 3. The summed E-state index contributed by atoms with van der Waals surface area (Å²) in [5.41, 5.74) is -0.319. The molecule has 0 aromatic rings. The molecule has 1 spiro atoms. The largest absolute Gasteiger partial charge is 0.465 e. The molecule has 14 heavy (non-hydrogen) atoms. The van der Waals surface area contributed by atoms with E-state index >= 15 is 0 Å². The molecule has 0 bridgehead atoms. The number of carbonyl (C=O) groups excluding carboxylic acids is 1. The second-order valence-corrected chi connectivity index (χ2v) is 3.83. The fraction of sp³-hybridized carbons (Fsp3) is 0.750. The van der Waals surface area contributed by atoms with Gasteiger partial charge in [-0.1, -0.05) is 0 Å². The monoisotopic (exact) mass is 199 g/mol. The summed E-state index contributed by atoms with van der Waals surface area (Å²) in [6.45, 7) is 1.93. The highest BCUT2D eigenvalue weighted by molar-refractivity contribution is 5.92. The van der Waals surface area contributed by atoms with Crippen LogP contribution in [0, 0.1) is 0 Å². The van der Waals surface area contributed by atoms with Crippen LogP contribution in [0.15, 0.2) is 0 Å². The summed E-state index contributed by atoms with van der Waals surface area (Å²) >= 11 is 0. The molecule has 3 N–H and O–H groups in total. The Hall–Kier alpha value is -1.30. The highest BCUT2D eigenvalue weighted by Crippen LogP contribution is 2.25. The van der Waals surface area contributed by atoms with Crippen LogP contribution in [0.5, 0.6) is 0 Å². The average Bonchev–Trinajstić information content (AvgIpc) is 2.44. The number of nitrogens with zero attached hydrogens (tertiary/aromatic N) is 1. The Labute approximate surface area is 81.3 Å². The standard InChI is InChI=1S/C8H13N3O3/c12-6-10-8(1-3-9-4-2-8)5-11(6)7(13)14/h9H,1-5H2,(H,10,12)(H,13,14). The van der Waals surface area contributed by atoms with E-state index in [0.717, 1.165) is 30.8 Å². The van der Waals surface area contributed by atoms with Crippen LogP contribution in [0.25, 0.3) is 0 Å². The summed E-state index contributed by atoms with van der Waals surface area (Å²) in [5.74, 6) is 0. The summed E-state index contributed by atoms with van der Waals surface area (Å²) < 4.78 is 0. The van der Waals surface area contributed by atoms with E-state index in [1.807, 2.05) is 0 Å². The Morgan fingerprint density at radius 2 is 2.07 bits per heavy atom. The molecule has 2 rings (SSSR count). The Kier molecular flexibility index (Phi) is 2.07. The minimum Gasteiger partial charge on any atom is -0.465 e. The average molecular weight is 199 g/mol. The highest BCUT2D eigenvalue weighted by Gasteiger charge is 2.45. The minimum absolute atomic E-state index is 0.281. The van der Waals surface area contributed by atoms with E-state index in [1.54, 1.807) is 0 Å². The van der Waals surface area contributed by atoms with Crippen molar-refractivity contribution in [2.75, 3.05) is 19.6 Å². The van der Waals surface area contributed by atoms with Crippen LogP contribution in [0.3, 0.4) is 0 Å². The van der Waals surface area contributed by atoms with Gasteiger partial charge in [-0.2, -0.15) is 0 Å². The van der Waals surface area contributed by atoms with Gasteiger partial charge in [0, 0.05) is 0 Å². The van der Waals surface area contributed by atoms with Crippen molar-refractivity contribution in [1.29, 1.82) is 0 Å². The minimum atomic E-state index is -1.17. The molecule has 2 heterocycles. The van der Waals surface area contributed by atoms with Gasteiger partial charge in [-0.05, 0) is 25.9 Å². The molecule has 2 aliphatic heterocycles. The molecule has 0 radical (unpaired) electrons. The zero-order valence-corrected chi connectivity index (χ0v) is 7.75.